The molecule has 0 spiro atoms. The van der Waals surface area contributed by atoms with Crippen LogP contribution in [0.5, 0.6) is 5.75 Å². The van der Waals surface area contributed by atoms with Crippen LogP contribution in [0.3, 0.4) is 0 Å². The molecule has 8 heteroatoms. The molecule has 1 heterocycles. The van der Waals surface area contributed by atoms with E-state index in [-0.39, 0.29) is 10.5 Å². The summed E-state index contributed by atoms with van der Waals surface area (Å²) in [7, 11) is -0.785. The van der Waals surface area contributed by atoms with Crippen LogP contribution in [-0.2, 0) is 10.0 Å². The SMILES string of the molecule is COc1ccc(-n2c(C(C)N(C)S(=O)(=O)c3c(C)cc(C)cc3C)nc3ccccc3c2=O)cc1. The number of aromatic nitrogens is 2. The highest BCUT2D eigenvalue weighted by atomic mass is 32.2. The summed E-state index contributed by atoms with van der Waals surface area (Å²) in [4.78, 5) is 18.7. The van der Waals surface area contributed by atoms with Gasteiger partial charge in [-0.1, -0.05) is 29.8 Å². The highest BCUT2D eigenvalue weighted by Gasteiger charge is 2.32. The van der Waals surface area contributed by atoms with Crippen molar-refractivity contribution in [1.29, 1.82) is 0 Å². The predicted octanol–water partition coefficient (Wildman–Crippen LogP) is 4.70. The first kappa shape index (κ1) is 24.6. The summed E-state index contributed by atoms with van der Waals surface area (Å²) in [5.74, 6) is 0.975. The molecule has 1 aromatic heterocycles. The zero-order chi connectivity index (χ0) is 25.5. The van der Waals surface area contributed by atoms with Crippen molar-refractivity contribution in [3.8, 4) is 11.4 Å². The second-order valence-electron chi connectivity index (χ2n) is 8.75. The minimum absolute atomic E-state index is 0.267. The molecular formula is C27H29N3O4S. The molecular weight excluding hydrogens is 462 g/mol. The standard InChI is InChI=1S/C27H29N3O4S/c1-17-15-18(2)25(19(3)16-17)35(32,33)29(5)20(4)26-28-24-10-8-7-9-23(24)27(31)30(26)21-11-13-22(34-6)14-12-21/h7-16,20H,1-6H3. The van der Waals surface area contributed by atoms with Crippen molar-refractivity contribution in [3.63, 3.8) is 0 Å². The predicted molar refractivity (Wildman–Crippen MR) is 138 cm³/mol. The lowest BCUT2D eigenvalue weighted by atomic mass is 10.1. The molecule has 0 saturated heterocycles. The second kappa shape index (κ2) is 9.28. The Bertz CT molecular complexity index is 1550. The number of hydrogen-bond donors (Lipinski definition) is 0. The number of nitrogens with zero attached hydrogens (tertiary/aromatic N) is 3. The Morgan fingerprint density at radius 1 is 0.971 bits per heavy atom. The summed E-state index contributed by atoms with van der Waals surface area (Å²) in [5.41, 5.74) is 3.18. The molecule has 0 fully saturated rings. The van der Waals surface area contributed by atoms with Gasteiger partial charge in [-0.05, 0) is 75.2 Å². The average Bonchev–Trinajstić information content (AvgIpc) is 2.82. The monoisotopic (exact) mass is 491 g/mol. The van der Waals surface area contributed by atoms with E-state index >= 15 is 0 Å². The Labute approximate surface area is 205 Å². The summed E-state index contributed by atoms with van der Waals surface area (Å²) in [6.07, 6.45) is 0. The Balaban J connectivity index is 1.92. The average molecular weight is 492 g/mol. The van der Waals surface area contributed by atoms with E-state index in [0.29, 0.717) is 39.3 Å². The first-order chi connectivity index (χ1) is 16.6. The van der Waals surface area contributed by atoms with E-state index in [1.54, 1.807) is 76.4 Å². The Hall–Kier alpha value is -3.49. The third-order valence-electron chi connectivity index (χ3n) is 6.29. The third kappa shape index (κ3) is 4.35. The van der Waals surface area contributed by atoms with Crippen molar-refractivity contribution >= 4 is 20.9 Å². The van der Waals surface area contributed by atoms with E-state index in [1.807, 2.05) is 19.1 Å². The van der Waals surface area contributed by atoms with E-state index in [1.165, 1.54) is 15.9 Å². The first-order valence-electron chi connectivity index (χ1n) is 11.3. The van der Waals surface area contributed by atoms with Crippen molar-refractivity contribution in [3.05, 3.63) is 93.5 Å². The number of aryl methyl sites for hydroxylation is 3. The minimum atomic E-state index is -3.88. The van der Waals surface area contributed by atoms with Crippen molar-refractivity contribution < 1.29 is 13.2 Å². The van der Waals surface area contributed by atoms with Gasteiger partial charge in [-0.25, -0.2) is 13.4 Å². The molecule has 7 nitrogen and oxygen atoms in total. The molecule has 0 N–H and O–H groups in total. The van der Waals surface area contributed by atoms with Crippen LogP contribution in [-0.4, -0.2) is 36.4 Å². The number of para-hydroxylation sites is 1. The van der Waals surface area contributed by atoms with Crippen molar-refractivity contribution in [2.75, 3.05) is 14.2 Å². The number of fused-ring (bicyclic) bond motifs is 1. The molecule has 182 valence electrons. The Morgan fingerprint density at radius 2 is 1.57 bits per heavy atom. The van der Waals surface area contributed by atoms with Crippen LogP contribution in [0.1, 0.15) is 35.5 Å². The molecule has 1 atom stereocenters. The lowest BCUT2D eigenvalue weighted by molar-refractivity contribution is 0.378. The zero-order valence-corrected chi connectivity index (χ0v) is 21.6. The van der Waals surface area contributed by atoms with Gasteiger partial charge >= 0.3 is 0 Å². The fraction of sp³-hybridized carbons (Fsp3) is 0.259. The van der Waals surface area contributed by atoms with E-state index < -0.39 is 16.1 Å². The number of ether oxygens (including phenoxy) is 1. The van der Waals surface area contributed by atoms with Crippen LogP contribution in [0.25, 0.3) is 16.6 Å². The number of benzene rings is 3. The molecule has 4 rings (SSSR count). The van der Waals surface area contributed by atoms with E-state index in [0.717, 1.165) is 5.56 Å². The number of methoxy groups -OCH3 is 1. The highest BCUT2D eigenvalue weighted by molar-refractivity contribution is 7.89. The quantitative estimate of drug-likeness (QED) is 0.390. The van der Waals surface area contributed by atoms with Crippen LogP contribution in [0.4, 0.5) is 0 Å². The summed E-state index contributed by atoms with van der Waals surface area (Å²) >= 11 is 0. The minimum Gasteiger partial charge on any atom is -0.497 e. The number of sulfonamides is 1. The second-order valence-corrected chi connectivity index (χ2v) is 10.7. The van der Waals surface area contributed by atoms with Gasteiger partial charge in [-0.15, -0.1) is 0 Å². The summed E-state index contributed by atoms with van der Waals surface area (Å²) in [6.45, 7) is 7.28. The molecule has 1 unspecified atom stereocenters. The van der Waals surface area contributed by atoms with Crippen LogP contribution in [0.2, 0.25) is 0 Å². The van der Waals surface area contributed by atoms with Gasteiger partial charge < -0.3 is 4.74 Å². The zero-order valence-electron chi connectivity index (χ0n) is 20.7. The largest absolute Gasteiger partial charge is 0.497 e. The molecule has 3 aromatic carbocycles. The van der Waals surface area contributed by atoms with E-state index in [2.05, 4.69) is 0 Å². The van der Waals surface area contributed by atoms with Crippen LogP contribution in [0.15, 0.2) is 70.4 Å². The molecule has 0 aliphatic rings. The van der Waals surface area contributed by atoms with Crippen LogP contribution in [0, 0.1) is 20.8 Å². The fourth-order valence-corrected chi connectivity index (χ4v) is 6.23. The number of hydrogen-bond acceptors (Lipinski definition) is 5. The molecule has 4 aromatic rings. The van der Waals surface area contributed by atoms with Gasteiger partial charge in [-0.2, -0.15) is 4.31 Å². The van der Waals surface area contributed by atoms with Gasteiger partial charge in [0.2, 0.25) is 10.0 Å². The topological polar surface area (TPSA) is 81.5 Å². The molecule has 0 radical (unpaired) electrons. The maximum absolute atomic E-state index is 13.8. The number of rotatable bonds is 6. The van der Waals surface area contributed by atoms with Gasteiger partial charge in [-0.3, -0.25) is 9.36 Å². The van der Waals surface area contributed by atoms with Crippen molar-refractivity contribution in [2.45, 2.75) is 38.6 Å². The normalized spacial score (nSPS) is 12.8. The third-order valence-corrected chi connectivity index (χ3v) is 8.53. The molecule has 0 amide bonds. The Kier molecular flexibility index (Phi) is 6.53. The van der Waals surface area contributed by atoms with Gasteiger partial charge in [0.1, 0.15) is 11.6 Å². The van der Waals surface area contributed by atoms with Gasteiger partial charge in [0.05, 0.1) is 34.6 Å². The highest BCUT2D eigenvalue weighted by Crippen LogP contribution is 2.31. The molecule has 0 saturated carbocycles. The fourth-order valence-electron chi connectivity index (χ4n) is 4.50. The summed E-state index contributed by atoms with van der Waals surface area (Å²) in [5, 5.41) is 0.454. The molecule has 35 heavy (non-hydrogen) atoms. The van der Waals surface area contributed by atoms with Crippen molar-refractivity contribution in [2.24, 2.45) is 0 Å². The van der Waals surface area contributed by atoms with E-state index in [9.17, 15) is 13.2 Å². The Morgan fingerprint density at radius 3 is 2.17 bits per heavy atom. The molecule has 0 bridgehead atoms. The first-order valence-corrected chi connectivity index (χ1v) is 12.7. The van der Waals surface area contributed by atoms with Crippen LogP contribution >= 0.6 is 0 Å². The van der Waals surface area contributed by atoms with Gasteiger partial charge in [0.15, 0.2) is 0 Å². The lowest BCUT2D eigenvalue weighted by Crippen LogP contribution is -2.35. The van der Waals surface area contributed by atoms with E-state index in [4.69, 9.17) is 9.72 Å². The molecule has 0 aliphatic heterocycles. The lowest BCUT2D eigenvalue weighted by Gasteiger charge is -2.27. The smallest absolute Gasteiger partial charge is 0.266 e. The summed E-state index contributed by atoms with van der Waals surface area (Å²) in [6, 6.07) is 17.1. The van der Waals surface area contributed by atoms with Crippen molar-refractivity contribution in [1.82, 2.24) is 13.9 Å². The molecule has 0 aliphatic carbocycles. The summed E-state index contributed by atoms with van der Waals surface area (Å²) < 4.78 is 35.6. The maximum Gasteiger partial charge on any atom is 0.266 e. The van der Waals surface area contributed by atoms with Gasteiger partial charge in [0, 0.05) is 7.05 Å². The van der Waals surface area contributed by atoms with Gasteiger partial charge in [0.25, 0.3) is 5.56 Å². The van der Waals surface area contributed by atoms with Crippen LogP contribution < -0.4 is 10.3 Å². The maximum atomic E-state index is 13.8.